The zero-order chi connectivity index (χ0) is 10.3. The lowest BCUT2D eigenvalue weighted by Gasteiger charge is -2.26. The largest absolute Gasteiger partial charge is 0.375 e. The molecule has 0 aromatic carbocycles. The minimum atomic E-state index is 0.482. The minimum absolute atomic E-state index is 0.482. The van der Waals surface area contributed by atoms with Gasteiger partial charge in [0.05, 0.1) is 12.7 Å². The number of fused-ring (bicyclic) bond motifs is 2. The lowest BCUT2D eigenvalue weighted by Crippen LogP contribution is -2.36. The maximum Gasteiger partial charge on any atom is 0.0718 e. The highest BCUT2D eigenvalue weighted by Gasteiger charge is 2.38. The molecule has 2 unspecified atom stereocenters. The number of aromatic nitrogens is 1. The first-order valence-electron chi connectivity index (χ1n) is 5.26. The van der Waals surface area contributed by atoms with Crippen LogP contribution in [0.3, 0.4) is 0 Å². The van der Waals surface area contributed by atoms with Gasteiger partial charge in [0.2, 0.25) is 0 Å². The molecule has 0 saturated carbocycles. The van der Waals surface area contributed by atoms with E-state index in [4.69, 9.17) is 4.74 Å². The van der Waals surface area contributed by atoms with Crippen LogP contribution in [0.4, 0.5) is 0 Å². The second-order valence-electron chi connectivity index (χ2n) is 4.29. The normalized spacial score (nSPS) is 29.9. The number of morpholine rings is 1. The molecule has 2 bridgehead atoms. The van der Waals surface area contributed by atoms with Crippen molar-refractivity contribution in [2.75, 3.05) is 13.2 Å². The number of nitrogens with zero attached hydrogens (tertiary/aromatic N) is 2. The summed E-state index contributed by atoms with van der Waals surface area (Å²) in [5.74, 6) is 0. The van der Waals surface area contributed by atoms with Crippen LogP contribution < -0.4 is 0 Å². The van der Waals surface area contributed by atoms with Gasteiger partial charge in [0.15, 0.2) is 0 Å². The molecular weight excluding hydrogens is 256 g/mol. The van der Waals surface area contributed by atoms with Crippen molar-refractivity contribution in [3.8, 4) is 0 Å². The van der Waals surface area contributed by atoms with Crippen LogP contribution in [0.5, 0.6) is 0 Å². The van der Waals surface area contributed by atoms with Gasteiger partial charge in [-0.3, -0.25) is 9.88 Å². The molecule has 0 N–H and O–H groups in total. The number of halogens is 1. The summed E-state index contributed by atoms with van der Waals surface area (Å²) in [4.78, 5) is 6.68. The van der Waals surface area contributed by atoms with Gasteiger partial charge >= 0.3 is 0 Å². The van der Waals surface area contributed by atoms with E-state index >= 15 is 0 Å². The Bertz CT molecular complexity index is 371. The first-order valence-corrected chi connectivity index (χ1v) is 6.05. The molecule has 3 rings (SSSR count). The van der Waals surface area contributed by atoms with E-state index in [1.54, 1.807) is 0 Å². The third-order valence-corrected chi connectivity index (χ3v) is 3.59. The van der Waals surface area contributed by atoms with E-state index in [1.165, 1.54) is 12.0 Å². The highest BCUT2D eigenvalue weighted by Crippen LogP contribution is 2.29. The summed E-state index contributed by atoms with van der Waals surface area (Å²) >= 11 is 3.45. The van der Waals surface area contributed by atoms with Crippen LogP contribution in [0.25, 0.3) is 0 Å². The van der Waals surface area contributed by atoms with Crippen LogP contribution in [-0.4, -0.2) is 35.2 Å². The van der Waals surface area contributed by atoms with Gasteiger partial charge < -0.3 is 4.74 Å². The third-order valence-electron chi connectivity index (χ3n) is 3.16. The Kier molecular flexibility index (Phi) is 2.50. The summed E-state index contributed by atoms with van der Waals surface area (Å²) in [7, 11) is 0. The highest BCUT2D eigenvalue weighted by molar-refractivity contribution is 9.10. The van der Waals surface area contributed by atoms with E-state index in [0.717, 1.165) is 24.2 Å². The summed E-state index contributed by atoms with van der Waals surface area (Å²) in [6, 6.07) is 2.77. The Morgan fingerprint density at radius 3 is 3.13 bits per heavy atom. The lowest BCUT2D eigenvalue weighted by molar-refractivity contribution is 0.0273. The van der Waals surface area contributed by atoms with Crippen molar-refractivity contribution in [2.45, 2.75) is 25.1 Å². The number of likely N-dealkylation sites (tertiary alicyclic amines) is 1. The molecule has 3 heterocycles. The molecule has 2 atom stereocenters. The van der Waals surface area contributed by atoms with Crippen molar-refractivity contribution in [3.05, 3.63) is 28.5 Å². The van der Waals surface area contributed by atoms with Crippen LogP contribution in [0, 0.1) is 0 Å². The molecule has 4 heteroatoms. The van der Waals surface area contributed by atoms with Crippen LogP contribution in [-0.2, 0) is 11.3 Å². The predicted octanol–water partition coefficient (Wildman–Crippen LogP) is 1.82. The standard InChI is InChI=1S/C11H13BrN2O/c12-9-1-8(3-13-4-9)5-14-6-11-2-10(14)7-15-11/h1,3-4,10-11H,2,5-7H2. The third kappa shape index (κ3) is 1.94. The topological polar surface area (TPSA) is 25.4 Å². The van der Waals surface area contributed by atoms with Gasteiger partial charge in [-0.15, -0.1) is 0 Å². The predicted molar refractivity (Wildman–Crippen MR) is 60.5 cm³/mol. The van der Waals surface area contributed by atoms with Crippen molar-refractivity contribution in [1.29, 1.82) is 0 Å². The molecule has 3 nitrogen and oxygen atoms in total. The first kappa shape index (κ1) is 9.75. The SMILES string of the molecule is Brc1cncc(CN2CC3CC2CO3)c1. The number of ether oxygens (including phenoxy) is 1. The van der Waals surface area contributed by atoms with Gasteiger partial charge in [0.1, 0.15) is 0 Å². The molecule has 0 amide bonds. The van der Waals surface area contributed by atoms with E-state index in [9.17, 15) is 0 Å². The van der Waals surface area contributed by atoms with Gasteiger partial charge in [-0.05, 0) is 34.0 Å². The van der Waals surface area contributed by atoms with E-state index in [2.05, 4.69) is 31.9 Å². The number of hydrogen-bond acceptors (Lipinski definition) is 3. The Morgan fingerprint density at radius 1 is 1.53 bits per heavy atom. The van der Waals surface area contributed by atoms with Crippen molar-refractivity contribution < 1.29 is 4.74 Å². The number of hydrogen-bond donors (Lipinski definition) is 0. The van der Waals surface area contributed by atoms with Gasteiger partial charge in [0.25, 0.3) is 0 Å². The van der Waals surface area contributed by atoms with E-state index in [1.807, 2.05) is 12.4 Å². The van der Waals surface area contributed by atoms with Crippen molar-refractivity contribution in [2.24, 2.45) is 0 Å². The van der Waals surface area contributed by atoms with E-state index in [-0.39, 0.29) is 0 Å². The zero-order valence-electron chi connectivity index (χ0n) is 8.40. The summed E-state index contributed by atoms with van der Waals surface area (Å²) < 4.78 is 6.63. The molecule has 1 aromatic heterocycles. The summed E-state index contributed by atoms with van der Waals surface area (Å²) in [5.41, 5.74) is 1.27. The highest BCUT2D eigenvalue weighted by atomic mass is 79.9. The zero-order valence-corrected chi connectivity index (χ0v) is 9.98. The van der Waals surface area contributed by atoms with Crippen LogP contribution in [0.1, 0.15) is 12.0 Å². The quantitative estimate of drug-likeness (QED) is 0.818. The Morgan fingerprint density at radius 2 is 2.47 bits per heavy atom. The van der Waals surface area contributed by atoms with Crippen LogP contribution in [0.15, 0.2) is 22.9 Å². The van der Waals surface area contributed by atoms with Crippen molar-refractivity contribution >= 4 is 15.9 Å². The Balaban J connectivity index is 1.71. The second kappa shape index (κ2) is 3.85. The van der Waals surface area contributed by atoms with E-state index < -0.39 is 0 Å². The fourth-order valence-electron chi connectivity index (χ4n) is 2.45. The molecule has 80 valence electrons. The van der Waals surface area contributed by atoms with Gasteiger partial charge in [-0.2, -0.15) is 0 Å². The second-order valence-corrected chi connectivity index (χ2v) is 5.20. The molecule has 0 spiro atoms. The van der Waals surface area contributed by atoms with Crippen LogP contribution in [0.2, 0.25) is 0 Å². The molecule has 1 aromatic rings. The molecule has 15 heavy (non-hydrogen) atoms. The molecule has 0 aliphatic carbocycles. The minimum Gasteiger partial charge on any atom is -0.375 e. The monoisotopic (exact) mass is 268 g/mol. The number of rotatable bonds is 2. The molecule has 2 fully saturated rings. The van der Waals surface area contributed by atoms with E-state index in [0.29, 0.717) is 12.1 Å². The number of pyridine rings is 1. The average molecular weight is 269 g/mol. The van der Waals surface area contributed by atoms with Gasteiger partial charge in [0, 0.05) is 36.0 Å². The molecule has 0 radical (unpaired) electrons. The van der Waals surface area contributed by atoms with Crippen LogP contribution >= 0.6 is 15.9 Å². The fourth-order valence-corrected chi connectivity index (χ4v) is 2.86. The smallest absolute Gasteiger partial charge is 0.0718 e. The maximum atomic E-state index is 5.58. The summed E-state index contributed by atoms with van der Waals surface area (Å²) in [6.45, 7) is 2.99. The van der Waals surface area contributed by atoms with Gasteiger partial charge in [-0.25, -0.2) is 0 Å². The Hall–Kier alpha value is -0.450. The molecular formula is C11H13BrN2O. The van der Waals surface area contributed by atoms with Crippen molar-refractivity contribution in [3.63, 3.8) is 0 Å². The Labute approximate surface area is 97.6 Å². The summed E-state index contributed by atoms with van der Waals surface area (Å²) in [6.07, 6.45) is 5.46. The maximum absolute atomic E-state index is 5.58. The summed E-state index contributed by atoms with van der Waals surface area (Å²) in [5, 5.41) is 0. The fraction of sp³-hybridized carbons (Fsp3) is 0.545. The molecule has 2 aliphatic rings. The lowest BCUT2D eigenvalue weighted by atomic mass is 10.2. The average Bonchev–Trinajstić information content (AvgIpc) is 2.79. The molecule has 2 saturated heterocycles. The van der Waals surface area contributed by atoms with Crippen molar-refractivity contribution in [1.82, 2.24) is 9.88 Å². The molecule has 2 aliphatic heterocycles. The first-order chi connectivity index (χ1) is 7.31. The van der Waals surface area contributed by atoms with Gasteiger partial charge in [-0.1, -0.05) is 0 Å².